The Labute approximate surface area is 126 Å². The fourth-order valence-corrected chi connectivity index (χ4v) is 2.19. The van der Waals surface area contributed by atoms with Gasteiger partial charge >= 0.3 is 0 Å². The number of benzene rings is 1. The van der Waals surface area contributed by atoms with Gasteiger partial charge in [0, 0.05) is 30.8 Å². The molecule has 1 aromatic carbocycles. The van der Waals surface area contributed by atoms with Crippen LogP contribution in [-0.2, 0) is 9.59 Å². The number of hydrogen-bond donors (Lipinski definition) is 3. The number of nitrogens with one attached hydrogen (secondary N) is 2. The smallest absolute Gasteiger partial charge is 0.225 e. The summed E-state index contributed by atoms with van der Waals surface area (Å²) in [5.41, 5.74) is 7.39. The van der Waals surface area contributed by atoms with Gasteiger partial charge in [-0.15, -0.1) is 0 Å². The lowest BCUT2D eigenvalue weighted by molar-refractivity contribution is -0.116. The van der Waals surface area contributed by atoms with Crippen molar-refractivity contribution in [2.24, 2.45) is 11.1 Å². The number of hydrogen-bond acceptors (Lipinski definition) is 3. The van der Waals surface area contributed by atoms with Crippen molar-refractivity contribution in [3.05, 3.63) is 24.3 Å². The van der Waals surface area contributed by atoms with Crippen LogP contribution in [0.1, 0.15) is 40.5 Å². The average Bonchev–Trinajstić information content (AvgIpc) is 2.24. The number of rotatable bonds is 5. The minimum atomic E-state index is -0.163. The molecule has 116 valence electrons. The van der Waals surface area contributed by atoms with E-state index in [0.717, 1.165) is 6.42 Å². The molecule has 2 amide bonds. The predicted molar refractivity (Wildman–Crippen MR) is 86.0 cm³/mol. The van der Waals surface area contributed by atoms with E-state index in [9.17, 15) is 9.59 Å². The van der Waals surface area contributed by atoms with Crippen molar-refractivity contribution in [3.63, 3.8) is 0 Å². The Kier molecular flexibility index (Phi) is 5.90. The number of anilines is 2. The van der Waals surface area contributed by atoms with Gasteiger partial charge in [-0.25, -0.2) is 0 Å². The minimum Gasteiger partial charge on any atom is -0.327 e. The summed E-state index contributed by atoms with van der Waals surface area (Å²) < 4.78 is 0. The van der Waals surface area contributed by atoms with Crippen molar-refractivity contribution in [3.8, 4) is 0 Å². The molecule has 1 aromatic rings. The number of carbonyl (C=O) groups excluding carboxylic acids is 2. The zero-order valence-electron chi connectivity index (χ0n) is 13.2. The summed E-state index contributed by atoms with van der Waals surface area (Å²) in [5, 5.41) is 5.48. The predicted octanol–water partition coefficient (Wildman–Crippen LogP) is 2.74. The van der Waals surface area contributed by atoms with Gasteiger partial charge in [0.05, 0.1) is 0 Å². The molecule has 0 aromatic heterocycles. The minimum absolute atomic E-state index is 0.102. The van der Waals surface area contributed by atoms with Crippen LogP contribution in [0.5, 0.6) is 0 Å². The number of amides is 2. The molecular weight excluding hydrogens is 266 g/mol. The van der Waals surface area contributed by atoms with E-state index < -0.39 is 0 Å². The first-order valence-corrected chi connectivity index (χ1v) is 7.09. The Balaban J connectivity index is 2.56. The molecule has 0 heterocycles. The molecule has 1 rings (SSSR count). The third-order valence-electron chi connectivity index (χ3n) is 2.79. The highest BCUT2D eigenvalue weighted by atomic mass is 16.2. The molecule has 0 fully saturated rings. The molecule has 1 atom stereocenters. The lowest BCUT2D eigenvalue weighted by Crippen LogP contribution is -2.31. The van der Waals surface area contributed by atoms with Crippen LogP contribution in [0.2, 0.25) is 0 Å². The van der Waals surface area contributed by atoms with Crippen LogP contribution in [0.3, 0.4) is 0 Å². The second kappa shape index (κ2) is 7.22. The maximum atomic E-state index is 12.0. The Hall–Kier alpha value is -1.88. The maximum Gasteiger partial charge on any atom is 0.225 e. The molecule has 5 nitrogen and oxygen atoms in total. The van der Waals surface area contributed by atoms with Gasteiger partial charge in [-0.3, -0.25) is 9.59 Å². The van der Waals surface area contributed by atoms with Crippen molar-refractivity contribution in [2.45, 2.75) is 46.6 Å². The van der Waals surface area contributed by atoms with Gasteiger partial charge in [-0.05, 0) is 30.0 Å². The van der Waals surface area contributed by atoms with Crippen molar-refractivity contribution in [2.75, 3.05) is 10.6 Å². The van der Waals surface area contributed by atoms with E-state index >= 15 is 0 Å². The third kappa shape index (κ3) is 7.46. The van der Waals surface area contributed by atoms with Gasteiger partial charge < -0.3 is 16.4 Å². The van der Waals surface area contributed by atoms with Crippen molar-refractivity contribution < 1.29 is 9.59 Å². The zero-order valence-corrected chi connectivity index (χ0v) is 13.2. The van der Waals surface area contributed by atoms with E-state index in [-0.39, 0.29) is 29.7 Å². The molecule has 1 unspecified atom stereocenters. The fraction of sp³-hybridized carbons (Fsp3) is 0.500. The first kappa shape index (κ1) is 17.2. The van der Waals surface area contributed by atoms with Crippen molar-refractivity contribution in [1.29, 1.82) is 0 Å². The van der Waals surface area contributed by atoms with Crippen LogP contribution in [0.25, 0.3) is 0 Å². The summed E-state index contributed by atoms with van der Waals surface area (Å²) in [6.45, 7) is 7.74. The summed E-state index contributed by atoms with van der Waals surface area (Å²) in [6, 6.07) is 6.87. The number of nitrogens with two attached hydrogens (primary N) is 1. The monoisotopic (exact) mass is 291 g/mol. The second-order valence-electron chi connectivity index (χ2n) is 6.54. The normalized spacial score (nSPS) is 12.6. The van der Waals surface area contributed by atoms with E-state index in [2.05, 4.69) is 31.4 Å². The van der Waals surface area contributed by atoms with Crippen LogP contribution in [0, 0.1) is 5.41 Å². The molecular formula is C16H25N3O2. The molecule has 0 aliphatic rings. The zero-order chi connectivity index (χ0) is 16.0. The molecule has 0 aliphatic heterocycles. The van der Waals surface area contributed by atoms with Crippen LogP contribution in [0.15, 0.2) is 24.3 Å². The maximum absolute atomic E-state index is 12.0. The lowest BCUT2D eigenvalue weighted by atomic mass is 9.87. The Morgan fingerprint density at radius 2 is 1.76 bits per heavy atom. The Morgan fingerprint density at radius 3 is 2.29 bits per heavy atom. The summed E-state index contributed by atoms with van der Waals surface area (Å²) in [5.74, 6) is -0.266. The van der Waals surface area contributed by atoms with Crippen LogP contribution >= 0.6 is 0 Å². The lowest BCUT2D eigenvalue weighted by Gasteiger charge is -2.22. The van der Waals surface area contributed by atoms with E-state index in [1.165, 1.54) is 6.92 Å². The van der Waals surface area contributed by atoms with Gasteiger partial charge in [0.15, 0.2) is 0 Å². The summed E-state index contributed by atoms with van der Waals surface area (Å²) in [7, 11) is 0. The van der Waals surface area contributed by atoms with Gasteiger partial charge in [-0.1, -0.05) is 26.8 Å². The topological polar surface area (TPSA) is 84.2 Å². The highest BCUT2D eigenvalue weighted by Gasteiger charge is 2.18. The quantitative estimate of drug-likeness (QED) is 0.780. The molecule has 0 spiro atoms. The second-order valence-corrected chi connectivity index (χ2v) is 6.54. The highest BCUT2D eigenvalue weighted by molar-refractivity contribution is 5.93. The number of carbonyl (C=O) groups is 2. The van der Waals surface area contributed by atoms with Gasteiger partial charge in [-0.2, -0.15) is 0 Å². The Bertz CT molecular complexity index is 506. The van der Waals surface area contributed by atoms with Crippen molar-refractivity contribution in [1.82, 2.24) is 0 Å². The molecule has 5 heteroatoms. The van der Waals surface area contributed by atoms with E-state index in [1.54, 1.807) is 24.3 Å². The average molecular weight is 291 g/mol. The van der Waals surface area contributed by atoms with Crippen LogP contribution in [-0.4, -0.2) is 17.9 Å². The molecule has 21 heavy (non-hydrogen) atoms. The van der Waals surface area contributed by atoms with Crippen LogP contribution in [0.4, 0.5) is 11.4 Å². The largest absolute Gasteiger partial charge is 0.327 e. The molecule has 4 N–H and O–H groups in total. The molecule has 0 saturated carbocycles. The van der Waals surface area contributed by atoms with Crippen LogP contribution < -0.4 is 16.4 Å². The van der Waals surface area contributed by atoms with E-state index in [0.29, 0.717) is 11.4 Å². The summed E-state index contributed by atoms with van der Waals surface area (Å²) in [4.78, 5) is 23.0. The molecule has 0 bridgehead atoms. The molecule has 0 aliphatic carbocycles. The molecule has 0 saturated heterocycles. The van der Waals surface area contributed by atoms with Gasteiger partial charge in [0.1, 0.15) is 0 Å². The summed E-state index contributed by atoms with van der Waals surface area (Å²) in [6.07, 6.45) is 1.06. The first-order valence-electron chi connectivity index (χ1n) is 7.09. The Morgan fingerprint density at radius 1 is 1.19 bits per heavy atom. The van der Waals surface area contributed by atoms with E-state index in [4.69, 9.17) is 5.73 Å². The fourth-order valence-electron chi connectivity index (χ4n) is 2.19. The van der Waals surface area contributed by atoms with Gasteiger partial charge in [0.25, 0.3) is 0 Å². The first-order chi connectivity index (χ1) is 9.65. The van der Waals surface area contributed by atoms with E-state index in [1.807, 2.05) is 0 Å². The third-order valence-corrected chi connectivity index (χ3v) is 2.79. The van der Waals surface area contributed by atoms with Crippen molar-refractivity contribution >= 4 is 23.2 Å². The molecule has 0 radical (unpaired) electrons. The SMILES string of the molecule is CC(=O)Nc1cccc(NC(=O)CC(N)CC(C)(C)C)c1. The standard InChI is InChI=1S/C16H25N3O2/c1-11(20)18-13-6-5-7-14(9-13)19-15(21)8-12(17)10-16(2,3)4/h5-7,9,12H,8,10,17H2,1-4H3,(H,18,20)(H,19,21). The van der Waals surface area contributed by atoms with Gasteiger partial charge in [0.2, 0.25) is 11.8 Å². The highest BCUT2D eigenvalue weighted by Crippen LogP contribution is 2.21. The summed E-state index contributed by atoms with van der Waals surface area (Å²) >= 11 is 0.